The second kappa shape index (κ2) is 7.14. The van der Waals surface area contributed by atoms with Crippen LogP contribution in [0.1, 0.15) is 20.9 Å². The molecule has 0 aliphatic rings. The molecule has 136 valence electrons. The highest BCUT2D eigenvalue weighted by Crippen LogP contribution is 2.26. The van der Waals surface area contributed by atoms with Crippen LogP contribution in [0.2, 0.25) is 0 Å². The van der Waals surface area contributed by atoms with E-state index in [1.54, 1.807) is 19.1 Å². The van der Waals surface area contributed by atoms with Crippen molar-refractivity contribution in [3.8, 4) is 0 Å². The largest absolute Gasteiger partial charge is 0.465 e. The fourth-order valence-corrected chi connectivity index (χ4v) is 5.04. The molecule has 0 bridgehead atoms. The highest BCUT2D eigenvalue weighted by Gasteiger charge is 2.25. The minimum Gasteiger partial charge on any atom is -0.465 e. The van der Waals surface area contributed by atoms with Crippen LogP contribution in [0.4, 0.5) is 0 Å². The number of ether oxygens (including phenoxy) is 1. The number of aryl methyl sites for hydroxylation is 1. The number of hydrogen-bond acceptors (Lipinski definition) is 6. The van der Waals surface area contributed by atoms with Gasteiger partial charge in [0.15, 0.2) is 0 Å². The van der Waals surface area contributed by atoms with Crippen molar-refractivity contribution in [3.63, 3.8) is 0 Å². The van der Waals surface area contributed by atoms with E-state index in [1.165, 1.54) is 35.9 Å². The highest BCUT2D eigenvalue weighted by molar-refractivity contribution is 7.89. The summed E-state index contributed by atoms with van der Waals surface area (Å²) in [6, 6.07) is 12.2. The topological polar surface area (TPSA) is 76.6 Å². The van der Waals surface area contributed by atoms with Crippen LogP contribution in [0, 0.1) is 6.92 Å². The van der Waals surface area contributed by atoms with Crippen LogP contribution in [-0.4, -0.2) is 37.8 Å². The van der Waals surface area contributed by atoms with Gasteiger partial charge < -0.3 is 4.74 Å². The molecule has 6 nitrogen and oxygen atoms in total. The van der Waals surface area contributed by atoms with Gasteiger partial charge in [-0.25, -0.2) is 18.2 Å². The van der Waals surface area contributed by atoms with Crippen molar-refractivity contribution in [1.82, 2.24) is 9.29 Å². The Balaban J connectivity index is 1.92. The molecular weight excluding hydrogens is 372 g/mol. The second-order valence-electron chi connectivity index (χ2n) is 5.81. The van der Waals surface area contributed by atoms with Gasteiger partial charge in [0.25, 0.3) is 0 Å². The molecule has 3 rings (SSSR count). The van der Waals surface area contributed by atoms with Crippen molar-refractivity contribution >= 4 is 37.5 Å². The minimum absolute atomic E-state index is 0.0870. The van der Waals surface area contributed by atoms with Gasteiger partial charge in [-0.3, -0.25) is 0 Å². The van der Waals surface area contributed by atoms with Crippen molar-refractivity contribution < 1.29 is 17.9 Å². The van der Waals surface area contributed by atoms with Gasteiger partial charge in [0.05, 0.1) is 34.3 Å². The van der Waals surface area contributed by atoms with Crippen molar-refractivity contribution in [3.05, 3.63) is 58.6 Å². The number of sulfonamides is 1. The number of carbonyl (C=O) groups excluding carboxylic acids is 1. The molecule has 0 saturated heterocycles. The van der Waals surface area contributed by atoms with E-state index in [-0.39, 0.29) is 17.0 Å². The second-order valence-corrected chi connectivity index (χ2v) is 8.94. The Hall–Kier alpha value is -2.29. The number of rotatable bonds is 5. The first-order valence-electron chi connectivity index (χ1n) is 7.82. The van der Waals surface area contributed by atoms with Crippen LogP contribution < -0.4 is 0 Å². The maximum Gasteiger partial charge on any atom is 0.337 e. The molecule has 8 heteroatoms. The lowest BCUT2D eigenvalue weighted by molar-refractivity contribution is 0.0600. The van der Waals surface area contributed by atoms with E-state index in [0.717, 1.165) is 10.2 Å². The summed E-state index contributed by atoms with van der Waals surface area (Å²) in [4.78, 5) is 16.3. The molecule has 1 heterocycles. The molecule has 0 saturated carbocycles. The molecule has 0 spiro atoms. The number of para-hydroxylation sites is 1. The van der Waals surface area contributed by atoms with Gasteiger partial charge in [-0.1, -0.05) is 18.2 Å². The zero-order valence-electron chi connectivity index (χ0n) is 14.6. The van der Waals surface area contributed by atoms with Crippen LogP contribution in [0.3, 0.4) is 0 Å². The predicted molar refractivity (Wildman–Crippen MR) is 101 cm³/mol. The van der Waals surface area contributed by atoms with E-state index in [0.29, 0.717) is 10.6 Å². The SMILES string of the molecule is COC(=O)c1ccc(C)c(S(=O)(=O)N(C)Cc2nc3ccccc3s2)c1. The van der Waals surface area contributed by atoms with Crippen LogP contribution in [-0.2, 0) is 21.3 Å². The van der Waals surface area contributed by atoms with Crippen LogP contribution >= 0.6 is 11.3 Å². The molecule has 0 amide bonds. The summed E-state index contributed by atoms with van der Waals surface area (Å²) in [5.41, 5.74) is 1.61. The van der Waals surface area contributed by atoms with Crippen molar-refractivity contribution in [2.45, 2.75) is 18.4 Å². The third-order valence-electron chi connectivity index (χ3n) is 3.99. The minimum atomic E-state index is -3.78. The van der Waals surface area contributed by atoms with Crippen molar-refractivity contribution in [1.29, 1.82) is 0 Å². The Morgan fingerprint density at radius 1 is 1.23 bits per heavy atom. The molecule has 1 aromatic heterocycles. The van der Waals surface area contributed by atoms with Crippen LogP contribution in [0.25, 0.3) is 10.2 Å². The molecule has 0 N–H and O–H groups in total. The number of methoxy groups -OCH3 is 1. The summed E-state index contributed by atoms with van der Waals surface area (Å²) in [5.74, 6) is -0.574. The summed E-state index contributed by atoms with van der Waals surface area (Å²) >= 11 is 1.46. The summed E-state index contributed by atoms with van der Waals surface area (Å²) in [6.45, 7) is 1.85. The van der Waals surface area contributed by atoms with Gasteiger partial charge in [-0.05, 0) is 36.8 Å². The number of carbonyl (C=O) groups is 1. The zero-order chi connectivity index (χ0) is 18.9. The van der Waals surface area contributed by atoms with Crippen LogP contribution in [0.15, 0.2) is 47.4 Å². The van der Waals surface area contributed by atoms with Gasteiger partial charge in [-0.15, -0.1) is 11.3 Å². The van der Waals surface area contributed by atoms with Gasteiger partial charge in [0.2, 0.25) is 10.0 Å². The smallest absolute Gasteiger partial charge is 0.337 e. The van der Waals surface area contributed by atoms with Gasteiger partial charge in [-0.2, -0.15) is 4.31 Å². The average molecular weight is 390 g/mol. The average Bonchev–Trinajstić information content (AvgIpc) is 3.03. The number of benzene rings is 2. The fraction of sp³-hybridized carbons (Fsp3) is 0.222. The Kier molecular flexibility index (Phi) is 5.08. The Labute approximate surface area is 156 Å². The lowest BCUT2D eigenvalue weighted by Crippen LogP contribution is -2.27. The molecule has 0 atom stereocenters. The van der Waals surface area contributed by atoms with E-state index < -0.39 is 16.0 Å². The van der Waals surface area contributed by atoms with Crippen molar-refractivity contribution in [2.75, 3.05) is 14.2 Å². The van der Waals surface area contributed by atoms with Crippen molar-refractivity contribution in [2.24, 2.45) is 0 Å². The van der Waals surface area contributed by atoms with Crippen LogP contribution in [0.5, 0.6) is 0 Å². The highest BCUT2D eigenvalue weighted by atomic mass is 32.2. The van der Waals surface area contributed by atoms with E-state index >= 15 is 0 Å². The van der Waals surface area contributed by atoms with Gasteiger partial charge in [0.1, 0.15) is 5.01 Å². The molecule has 26 heavy (non-hydrogen) atoms. The molecule has 0 unspecified atom stereocenters. The summed E-state index contributed by atoms with van der Waals surface area (Å²) in [5, 5.41) is 0.707. The summed E-state index contributed by atoms with van der Waals surface area (Å²) < 4.78 is 32.9. The first-order valence-corrected chi connectivity index (χ1v) is 10.1. The fourth-order valence-electron chi connectivity index (χ4n) is 2.55. The molecule has 2 aromatic carbocycles. The Morgan fingerprint density at radius 2 is 1.96 bits per heavy atom. The van der Waals surface area contributed by atoms with E-state index in [9.17, 15) is 13.2 Å². The standard InChI is InChI=1S/C18H18N2O4S2/c1-12-8-9-13(18(21)24-3)10-16(12)26(22,23)20(2)11-17-19-14-6-4-5-7-15(14)25-17/h4-10H,11H2,1-3H3. The lowest BCUT2D eigenvalue weighted by atomic mass is 10.1. The van der Waals surface area contributed by atoms with Gasteiger partial charge >= 0.3 is 5.97 Å². The number of fused-ring (bicyclic) bond motifs is 1. The summed E-state index contributed by atoms with van der Waals surface area (Å²) in [7, 11) is -1.01. The number of nitrogens with zero attached hydrogens (tertiary/aromatic N) is 2. The Bertz CT molecular complexity index is 1040. The normalized spacial score (nSPS) is 11.8. The molecule has 0 fully saturated rings. The lowest BCUT2D eigenvalue weighted by Gasteiger charge is -2.18. The van der Waals surface area contributed by atoms with Gasteiger partial charge in [0, 0.05) is 7.05 Å². The van der Waals surface area contributed by atoms with E-state index in [2.05, 4.69) is 9.72 Å². The Morgan fingerprint density at radius 3 is 2.65 bits per heavy atom. The quantitative estimate of drug-likeness (QED) is 0.625. The molecule has 3 aromatic rings. The maximum atomic E-state index is 13.0. The monoisotopic (exact) mass is 390 g/mol. The number of hydrogen-bond donors (Lipinski definition) is 0. The third-order valence-corrected chi connectivity index (χ3v) is 6.96. The zero-order valence-corrected chi connectivity index (χ0v) is 16.2. The number of thiazole rings is 1. The number of esters is 1. The van der Waals surface area contributed by atoms with E-state index in [1.807, 2.05) is 24.3 Å². The molecular formula is C18H18N2O4S2. The third kappa shape index (κ3) is 3.48. The molecule has 0 aliphatic carbocycles. The number of aromatic nitrogens is 1. The maximum absolute atomic E-state index is 13.0. The summed E-state index contributed by atoms with van der Waals surface area (Å²) in [6.07, 6.45) is 0. The molecule has 0 radical (unpaired) electrons. The first-order chi connectivity index (χ1) is 12.3. The van der Waals surface area contributed by atoms with E-state index in [4.69, 9.17) is 0 Å². The first kappa shape index (κ1) is 18.5. The molecule has 0 aliphatic heterocycles. The predicted octanol–water partition coefficient (Wildman–Crippen LogP) is 3.21.